The molecule has 5 heteroatoms. The molecule has 0 aromatic carbocycles. The highest BCUT2D eigenvalue weighted by molar-refractivity contribution is 5.78. The lowest BCUT2D eigenvalue weighted by Crippen LogP contribution is -2.25. The zero-order valence-electron chi connectivity index (χ0n) is 6.65. The highest BCUT2D eigenvalue weighted by Crippen LogP contribution is 2.20. The van der Waals surface area contributed by atoms with E-state index in [0.29, 0.717) is 12.8 Å². The second kappa shape index (κ2) is 3.53. The van der Waals surface area contributed by atoms with Crippen molar-refractivity contribution in [3.05, 3.63) is 0 Å². The number of carbonyl (C=O) groups is 2. The summed E-state index contributed by atoms with van der Waals surface area (Å²) in [6, 6.07) is 0. The minimum absolute atomic E-state index is 0.370. The van der Waals surface area contributed by atoms with Crippen LogP contribution >= 0.6 is 0 Å². The van der Waals surface area contributed by atoms with Gasteiger partial charge in [0, 0.05) is 0 Å². The third kappa shape index (κ3) is 1.73. The molecule has 0 spiro atoms. The van der Waals surface area contributed by atoms with Gasteiger partial charge in [-0.3, -0.25) is 0 Å². The average molecular weight is 174 g/mol. The first-order valence-electron chi connectivity index (χ1n) is 3.61. The number of rotatable bonds is 2. The monoisotopic (exact) mass is 174 g/mol. The number of methoxy groups -OCH3 is 1. The van der Waals surface area contributed by atoms with E-state index in [1.54, 1.807) is 0 Å². The quantitative estimate of drug-likeness (QED) is 0.586. The van der Waals surface area contributed by atoms with Crippen molar-refractivity contribution in [1.82, 2.24) is 0 Å². The largest absolute Gasteiger partial charge is 0.479 e. The fraction of sp³-hybridized carbons (Fsp3) is 0.714. The van der Waals surface area contributed by atoms with Gasteiger partial charge in [0.2, 0.25) is 0 Å². The highest BCUT2D eigenvalue weighted by Gasteiger charge is 2.35. The van der Waals surface area contributed by atoms with Crippen LogP contribution in [0, 0.1) is 0 Å². The van der Waals surface area contributed by atoms with Crippen molar-refractivity contribution < 1.29 is 24.2 Å². The number of esters is 1. The first-order valence-corrected chi connectivity index (χ1v) is 3.61. The van der Waals surface area contributed by atoms with E-state index in [2.05, 4.69) is 4.74 Å². The van der Waals surface area contributed by atoms with Gasteiger partial charge in [-0.2, -0.15) is 0 Å². The molecule has 0 radical (unpaired) electrons. The molecule has 1 heterocycles. The summed E-state index contributed by atoms with van der Waals surface area (Å²) in [5.41, 5.74) is 0. The van der Waals surface area contributed by atoms with Gasteiger partial charge >= 0.3 is 11.9 Å². The molecule has 0 aromatic rings. The molecule has 0 aromatic heterocycles. The van der Waals surface area contributed by atoms with Crippen LogP contribution in [0.1, 0.15) is 12.8 Å². The summed E-state index contributed by atoms with van der Waals surface area (Å²) in [7, 11) is 1.25. The first kappa shape index (κ1) is 8.99. The van der Waals surface area contributed by atoms with E-state index in [4.69, 9.17) is 9.84 Å². The van der Waals surface area contributed by atoms with Gasteiger partial charge < -0.3 is 14.6 Å². The van der Waals surface area contributed by atoms with Crippen LogP contribution in [-0.2, 0) is 19.1 Å². The molecule has 1 aliphatic heterocycles. The molecular formula is C7H10O5. The molecule has 1 N–H and O–H groups in total. The number of hydrogen-bond donors (Lipinski definition) is 1. The molecule has 0 unspecified atom stereocenters. The minimum Gasteiger partial charge on any atom is -0.479 e. The Morgan fingerprint density at radius 1 is 1.42 bits per heavy atom. The zero-order valence-corrected chi connectivity index (χ0v) is 6.65. The van der Waals surface area contributed by atoms with Crippen LogP contribution in [0.2, 0.25) is 0 Å². The fourth-order valence-electron chi connectivity index (χ4n) is 1.12. The number of hydrogen-bond acceptors (Lipinski definition) is 4. The number of carbonyl (C=O) groups excluding carboxylic acids is 1. The van der Waals surface area contributed by atoms with Crippen LogP contribution in [0.3, 0.4) is 0 Å². The Hall–Kier alpha value is -1.10. The van der Waals surface area contributed by atoms with E-state index in [1.165, 1.54) is 7.11 Å². The molecule has 1 saturated heterocycles. The maximum Gasteiger partial charge on any atom is 0.335 e. The van der Waals surface area contributed by atoms with Gasteiger partial charge in [-0.25, -0.2) is 9.59 Å². The summed E-state index contributed by atoms with van der Waals surface area (Å²) in [4.78, 5) is 21.2. The Morgan fingerprint density at radius 3 is 2.42 bits per heavy atom. The van der Waals surface area contributed by atoms with E-state index >= 15 is 0 Å². The lowest BCUT2D eigenvalue weighted by atomic mass is 10.2. The number of aliphatic carboxylic acids is 1. The van der Waals surface area contributed by atoms with Crippen LogP contribution < -0.4 is 0 Å². The maximum atomic E-state index is 10.8. The van der Waals surface area contributed by atoms with Crippen LogP contribution in [0.4, 0.5) is 0 Å². The molecule has 1 rings (SSSR count). The van der Waals surface area contributed by atoms with Crippen LogP contribution in [0.15, 0.2) is 0 Å². The summed E-state index contributed by atoms with van der Waals surface area (Å²) in [5.74, 6) is -1.53. The first-order chi connectivity index (χ1) is 5.65. The third-order valence-corrected chi connectivity index (χ3v) is 1.76. The molecular weight excluding hydrogens is 164 g/mol. The van der Waals surface area contributed by atoms with Crippen molar-refractivity contribution in [3.63, 3.8) is 0 Å². The summed E-state index contributed by atoms with van der Waals surface area (Å²) in [5, 5.41) is 8.51. The Labute approximate surface area is 69.3 Å². The molecule has 0 amide bonds. The zero-order chi connectivity index (χ0) is 9.14. The fourth-order valence-corrected chi connectivity index (χ4v) is 1.12. The van der Waals surface area contributed by atoms with Crippen LogP contribution in [0.25, 0.3) is 0 Å². The molecule has 68 valence electrons. The van der Waals surface area contributed by atoms with Crippen molar-refractivity contribution in [3.8, 4) is 0 Å². The molecule has 1 aliphatic rings. The highest BCUT2D eigenvalue weighted by atomic mass is 16.6. The Morgan fingerprint density at radius 2 is 2.00 bits per heavy atom. The molecule has 5 nitrogen and oxygen atoms in total. The summed E-state index contributed by atoms with van der Waals surface area (Å²) >= 11 is 0. The molecule has 12 heavy (non-hydrogen) atoms. The van der Waals surface area contributed by atoms with Crippen molar-refractivity contribution in [2.24, 2.45) is 0 Å². The lowest BCUT2D eigenvalue weighted by Gasteiger charge is -2.07. The molecule has 2 atom stereocenters. The van der Waals surface area contributed by atoms with Gasteiger partial charge in [0.15, 0.2) is 12.2 Å². The Bertz CT molecular complexity index is 200. The van der Waals surface area contributed by atoms with E-state index < -0.39 is 24.1 Å². The van der Waals surface area contributed by atoms with Gasteiger partial charge in [-0.1, -0.05) is 0 Å². The van der Waals surface area contributed by atoms with Crippen LogP contribution in [-0.4, -0.2) is 36.4 Å². The van der Waals surface area contributed by atoms with Gasteiger partial charge in [0.05, 0.1) is 7.11 Å². The lowest BCUT2D eigenvalue weighted by molar-refractivity contribution is -0.159. The standard InChI is InChI=1S/C7H10O5/c1-11-7(10)5-3-2-4(12-5)6(8)9/h4-5H,2-3H2,1H3,(H,8,9)/t4-,5+/m1/s1. The van der Waals surface area contributed by atoms with Crippen LogP contribution in [0.5, 0.6) is 0 Å². The van der Waals surface area contributed by atoms with E-state index in [9.17, 15) is 9.59 Å². The Balaban J connectivity index is 2.45. The van der Waals surface area contributed by atoms with Crippen molar-refractivity contribution in [1.29, 1.82) is 0 Å². The minimum atomic E-state index is -1.03. The van der Waals surface area contributed by atoms with Gasteiger partial charge in [-0.15, -0.1) is 0 Å². The van der Waals surface area contributed by atoms with Gasteiger partial charge in [0.25, 0.3) is 0 Å². The summed E-state index contributed by atoms with van der Waals surface area (Å²) in [6.07, 6.45) is -0.760. The smallest absolute Gasteiger partial charge is 0.335 e. The topological polar surface area (TPSA) is 72.8 Å². The van der Waals surface area contributed by atoms with Gasteiger partial charge in [0.1, 0.15) is 0 Å². The molecule has 0 aliphatic carbocycles. The predicted molar refractivity (Wildman–Crippen MR) is 37.5 cm³/mol. The second-order valence-corrected chi connectivity index (χ2v) is 2.55. The molecule has 0 saturated carbocycles. The van der Waals surface area contributed by atoms with Crippen molar-refractivity contribution in [2.45, 2.75) is 25.0 Å². The average Bonchev–Trinajstić information content (AvgIpc) is 2.51. The van der Waals surface area contributed by atoms with Crippen molar-refractivity contribution >= 4 is 11.9 Å². The number of ether oxygens (including phenoxy) is 2. The molecule has 1 fully saturated rings. The van der Waals surface area contributed by atoms with E-state index in [1.807, 2.05) is 0 Å². The summed E-state index contributed by atoms with van der Waals surface area (Å²) < 4.78 is 9.31. The number of carboxylic acid groups (broad SMARTS) is 1. The van der Waals surface area contributed by atoms with Crippen molar-refractivity contribution in [2.75, 3.05) is 7.11 Å². The maximum absolute atomic E-state index is 10.8. The SMILES string of the molecule is COC(=O)[C@@H]1CC[C@H](C(=O)O)O1. The van der Waals surface area contributed by atoms with E-state index in [-0.39, 0.29) is 0 Å². The predicted octanol–water partition coefficient (Wildman–Crippen LogP) is -0.208. The summed E-state index contributed by atoms with van der Waals surface area (Å²) in [6.45, 7) is 0. The second-order valence-electron chi connectivity index (χ2n) is 2.55. The third-order valence-electron chi connectivity index (χ3n) is 1.76. The normalized spacial score (nSPS) is 28.4. The Kier molecular flexibility index (Phi) is 2.65. The number of carboxylic acids is 1. The van der Waals surface area contributed by atoms with E-state index in [0.717, 1.165) is 0 Å². The molecule has 0 bridgehead atoms. The van der Waals surface area contributed by atoms with Gasteiger partial charge in [-0.05, 0) is 12.8 Å².